The Labute approximate surface area is 220 Å². The number of ketones is 1. The van der Waals surface area contributed by atoms with Crippen LogP contribution in [0.5, 0.6) is 0 Å². The van der Waals surface area contributed by atoms with Gasteiger partial charge in [-0.2, -0.15) is 0 Å². The zero-order chi connectivity index (χ0) is 27.4. The summed E-state index contributed by atoms with van der Waals surface area (Å²) in [5, 5.41) is 13.0. The van der Waals surface area contributed by atoms with Crippen LogP contribution in [0, 0.1) is 39.9 Å². The molecule has 204 valence electrons. The summed E-state index contributed by atoms with van der Waals surface area (Å²) in [6.07, 6.45) is 4.41. The summed E-state index contributed by atoms with van der Waals surface area (Å²) in [6.45, 7) is 7.11. The van der Waals surface area contributed by atoms with E-state index >= 15 is 0 Å². The molecule has 9 nitrogen and oxygen atoms in total. The van der Waals surface area contributed by atoms with E-state index in [0.29, 0.717) is 30.4 Å². The van der Waals surface area contributed by atoms with Crippen molar-refractivity contribution in [3.63, 3.8) is 0 Å². The van der Waals surface area contributed by atoms with Crippen molar-refractivity contribution in [2.45, 2.75) is 71.2 Å². The summed E-state index contributed by atoms with van der Waals surface area (Å²) in [7, 11) is 1.31. The van der Waals surface area contributed by atoms with Gasteiger partial charge in [0.05, 0.1) is 31.2 Å². The molecular formula is C29H34O9. The van der Waals surface area contributed by atoms with Gasteiger partial charge in [0.1, 0.15) is 18.0 Å². The molecule has 6 rings (SSSR count). The Morgan fingerprint density at radius 2 is 1.95 bits per heavy atom. The van der Waals surface area contributed by atoms with Crippen LogP contribution in [0.4, 0.5) is 0 Å². The summed E-state index contributed by atoms with van der Waals surface area (Å²) < 4.78 is 22.0. The van der Waals surface area contributed by atoms with Crippen molar-refractivity contribution >= 4 is 23.7 Å². The van der Waals surface area contributed by atoms with Crippen LogP contribution in [0.25, 0.3) is 0 Å². The predicted octanol–water partition coefficient (Wildman–Crippen LogP) is 3.31. The molecule has 1 aliphatic heterocycles. The van der Waals surface area contributed by atoms with Gasteiger partial charge in [0.25, 0.3) is 0 Å². The summed E-state index contributed by atoms with van der Waals surface area (Å²) in [5.74, 6) is -4.01. The Morgan fingerprint density at radius 1 is 1.21 bits per heavy atom. The van der Waals surface area contributed by atoms with Gasteiger partial charge in [0, 0.05) is 53.1 Å². The third-order valence-corrected chi connectivity index (χ3v) is 11.1. The van der Waals surface area contributed by atoms with Crippen molar-refractivity contribution in [1.29, 1.82) is 0 Å². The Kier molecular flexibility index (Phi) is 5.21. The van der Waals surface area contributed by atoms with E-state index in [0.717, 1.165) is 0 Å². The Hall–Kier alpha value is -2.94. The summed E-state index contributed by atoms with van der Waals surface area (Å²) >= 11 is 0. The molecule has 0 spiro atoms. The van der Waals surface area contributed by atoms with Gasteiger partial charge < -0.3 is 23.7 Å². The number of carbonyl (C=O) groups is 4. The maximum Gasteiger partial charge on any atom is 0.331 e. The zero-order valence-electron chi connectivity index (χ0n) is 22.3. The lowest BCUT2D eigenvalue weighted by Crippen LogP contribution is -2.72. The fourth-order valence-electron chi connectivity index (χ4n) is 9.61. The first-order chi connectivity index (χ1) is 17.8. The van der Waals surface area contributed by atoms with E-state index in [4.69, 9.17) is 18.6 Å². The number of methoxy groups -OCH3 is 1. The Morgan fingerprint density at radius 3 is 2.58 bits per heavy atom. The number of aliphatic hydroxyl groups is 1. The van der Waals surface area contributed by atoms with Crippen LogP contribution in [-0.4, -0.2) is 47.6 Å². The lowest BCUT2D eigenvalue weighted by atomic mass is 9.39. The van der Waals surface area contributed by atoms with E-state index in [1.807, 2.05) is 20.8 Å². The fourth-order valence-corrected chi connectivity index (χ4v) is 9.61. The number of hydrogen-bond acceptors (Lipinski definition) is 9. The number of furan rings is 1. The minimum absolute atomic E-state index is 0.0327. The molecule has 38 heavy (non-hydrogen) atoms. The summed E-state index contributed by atoms with van der Waals surface area (Å²) in [4.78, 5) is 52.3. The lowest BCUT2D eigenvalue weighted by molar-refractivity contribution is -0.222. The fraction of sp³-hybridized carbons (Fsp3) is 0.655. The van der Waals surface area contributed by atoms with E-state index in [1.54, 1.807) is 12.3 Å². The molecule has 3 bridgehead atoms. The van der Waals surface area contributed by atoms with Gasteiger partial charge in [-0.25, -0.2) is 4.79 Å². The number of Topliss-reactive ketones (excluding diaryl/α,β-unsaturated/α-hetero) is 1. The summed E-state index contributed by atoms with van der Waals surface area (Å²) in [5.41, 5.74) is -2.87. The second kappa shape index (κ2) is 7.81. The lowest BCUT2D eigenvalue weighted by Gasteiger charge is -2.65. The third-order valence-electron chi connectivity index (χ3n) is 11.1. The minimum Gasteiger partial charge on any atom is -0.472 e. The average molecular weight is 527 g/mol. The van der Waals surface area contributed by atoms with Gasteiger partial charge in [0.15, 0.2) is 0 Å². The van der Waals surface area contributed by atoms with Crippen LogP contribution in [0.3, 0.4) is 0 Å². The molecule has 4 aliphatic carbocycles. The first-order valence-corrected chi connectivity index (χ1v) is 13.3. The molecule has 2 heterocycles. The molecule has 1 N–H and O–H groups in total. The van der Waals surface area contributed by atoms with E-state index in [1.165, 1.54) is 26.4 Å². The molecule has 5 aliphatic rings. The zero-order valence-corrected chi connectivity index (χ0v) is 22.3. The Balaban J connectivity index is 1.56. The molecule has 0 radical (unpaired) electrons. The van der Waals surface area contributed by atoms with Crippen molar-refractivity contribution in [2.24, 2.45) is 39.9 Å². The van der Waals surface area contributed by atoms with Crippen LogP contribution in [0.2, 0.25) is 0 Å². The van der Waals surface area contributed by atoms with E-state index in [9.17, 15) is 24.3 Å². The van der Waals surface area contributed by atoms with E-state index in [-0.39, 0.29) is 12.2 Å². The molecule has 0 saturated heterocycles. The third kappa shape index (κ3) is 2.86. The van der Waals surface area contributed by atoms with E-state index in [2.05, 4.69) is 0 Å². The topological polar surface area (TPSA) is 129 Å². The van der Waals surface area contributed by atoms with Crippen LogP contribution >= 0.6 is 0 Å². The first-order valence-electron chi connectivity index (χ1n) is 13.3. The summed E-state index contributed by atoms with van der Waals surface area (Å²) in [6, 6.07) is 1.76. The largest absolute Gasteiger partial charge is 0.472 e. The van der Waals surface area contributed by atoms with Gasteiger partial charge in [-0.3, -0.25) is 14.4 Å². The quantitative estimate of drug-likeness (QED) is 0.464. The maximum atomic E-state index is 14.4. The van der Waals surface area contributed by atoms with Crippen molar-refractivity contribution in [1.82, 2.24) is 0 Å². The first kappa shape index (κ1) is 25.3. The van der Waals surface area contributed by atoms with Crippen LogP contribution in [0.15, 0.2) is 34.7 Å². The molecule has 9 heteroatoms. The molecule has 0 unspecified atom stereocenters. The number of cyclic esters (lactones) is 1. The molecule has 10 atom stereocenters. The average Bonchev–Trinajstić information content (AvgIpc) is 3.46. The monoisotopic (exact) mass is 526 g/mol. The number of carbonyl (C=O) groups excluding carboxylic acids is 4. The molecule has 1 aromatic rings. The van der Waals surface area contributed by atoms with Crippen LogP contribution in [0.1, 0.15) is 65.0 Å². The van der Waals surface area contributed by atoms with Gasteiger partial charge in [-0.15, -0.1) is 0 Å². The van der Waals surface area contributed by atoms with E-state index < -0.39 is 75.6 Å². The SMILES string of the molecule is COC(=O)C[C@H]1[C@]2(C)C[C@H]3[C@H](C(=O)[C@]1(C)[C@H]1CC[C@]4(C)C(=CC(=O)O[C@H]4c4ccoc4)[C@]13O)[C@H]2OC(C)=O. The molecule has 4 fully saturated rings. The van der Waals surface area contributed by atoms with Crippen LogP contribution in [-0.2, 0) is 33.4 Å². The highest BCUT2D eigenvalue weighted by atomic mass is 16.6. The highest BCUT2D eigenvalue weighted by Crippen LogP contribution is 2.77. The van der Waals surface area contributed by atoms with Crippen molar-refractivity contribution < 1.29 is 42.9 Å². The molecule has 1 aromatic heterocycles. The highest BCUT2D eigenvalue weighted by Gasteiger charge is 2.82. The maximum absolute atomic E-state index is 14.4. The molecule has 4 saturated carbocycles. The van der Waals surface area contributed by atoms with Crippen molar-refractivity contribution in [3.8, 4) is 0 Å². The Bertz CT molecular complexity index is 1260. The van der Waals surface area contributed by atoms with Crippen LogP contribution < -0.4 is 0 Å². The van der Waals surface area contributed by atoms with Gasteiger partial charge >= 0.3 is 17.9 Å². The normalized spacial score (nSPS) is 46.5. The van der Waals surface area contributed by atoms with Crippen molar-refractivity contribution in [3.05, 3.63) is 35.8 Å². The van der Waals surface area contributed by atoms with Gasteiger partial charge in [0.2, 0.25) is 0 Å². The second-order valence-corrected chi connectivity index (χ2v) is 12.6. The number of hydrogen-bond donors (Lipinski definition) is 1. The predicted molar refractivity (Wildman–Crippen MR) is 130 cm³/mol. The second-order valence-electron chi connectivity index (χ2n) is 12.6. The van der Waals surface area contributed by atoms with Gasteiger partial charge in [-0.05, 0) is 36.8 Å². The van der Waals surface area contributed by atoms with Gasteiger partial charge in [-0.1, -0.05) is 20.8 Å². The number of fused-ring (bicyclic) bond motifs is 7. The number of ether oxygens (including phenoxy) is 3. The molecular weight excluding hydrogens is 492 g/mol. The standard InChI is InChI=1S/C29H34O9/c1-14(30)37-25-22-16-12-27(25,3)18(10-20(31)35-5)28(4,23(22)33)17-6-8-26(2)19(29(16,17)34)11-21(32)38-24(26)15-7-9-36-13-15/h7,9,11,13,16-18,22,24-25,34H,6,8,10,12H2,1-5H3/t16-,17+,18-,22+,24-,25+,26+,27-,28+,29+/m0/s1. The smallest absolute Gasteiger partial charge is 0.331 e. The highest BCUT2D eigenvalue weighted by molar-refractivity contribution is 5.94. The number of rotatable bonds is 4. The minimum atomic E-state index is -1.54. The molecule has 0 aromatic carbocycles. The molecule has 0 amide bonds. The van der Waals surface area contributed by atoms with Crippen molar-refractivity contribution in [2.75, 3.05) is 7.11 Å². The number of esters is 3.